The summed E-state index contributed by atoms with van der Waals surface area (Å²) in [6, 6.07) is 16.5. The molecule has 3 aromatic rings. The minimum absolute atomic E-state index is 0. The molecule has 2 aromatic carbocycles. The van der Waals surface area contributed by atoms with Crippen LogP contribution < -0.4 is 10.5 Å². The van der Waals surface area contributed by atoms with Gasteiger partial charge in [0.2, 0.25) is 0 Å². The number of rotatable bonds is 6. The van der Waals surface area contributed by atoms with Crippen molar-refractivity contribution < 1.29 is 13.5 Å². The Hall–Kier alpha value is -2.62. The quantitative estimate of drug-likeness (QED) is 0.657. The number of tetrazole rings is 1. The van der Waals surface area contributed by atoms with E-state index in [1.165, 1.54) is 17.7 Å². The summed E-state index contributed by atoms with van der Waals surface area (Å²) in [6.07, 6.45) is 0. The molecule has 0 radical (unpaired) electrons. The van der Waals surface area contributed by atoms with Crippen LogP contribution in [-0.2, 0) is 6.54 Å². The molecule has 2 N–H and O–H groups in total. The zero-order valence-corrected chi connectivity index (χ0v) is 16.3. The molecule has 1 aliphatic heterocycles. The smallest absolute Gasteiger partial charge is 0.387 e. The highest BCUT2D eigenvalue weighted by atomic mass is 35.5. The zero-order valence-electron chi connectivity index (χ0n) is 15.4. The molecule has 0 amide bonds. The van der Waals surface area contributed by atoms with Gasteiger partial charge in [-0.15, -0.1) is 17.5 Å². The maximum atomic E-state index is 12.3. The Bertz CT molecular complexity index is 909. The number of nitrogens with zero attached hydrogens (tertiary/aromatic N) is 5. The van der Waals surface area contributed by atoms with Crippen LogP contribution in [0, 0.1) is 0 Å². The topological polar surface area (TPSA) is 82.1 Å². The van der Waals surface area contributed by atoms with E-state index in [4.69, 9.17) is 5.73 Å². The van der Waals surface area contributed by atoms with Gasteiger partial charge in [-0.05, 0) is 40.3 Å². The van der Waals surface area contributed by atoms with Crippen LogP contribution >= 0.6 is 12.4 Å². The molecular formula is C19H21ClF2N6O. The van der Waals surface area contributed by atoms with Gasteiger partial charge in [-0.2, -0.15) is 13.5 Å². The van der Waals surface area contributed by atoms with E-state index in [2.05, 4.69) is 37.3 Å². The molecule has 1 aliphatic rings. The Morgan fingerprint density at radius 3 is 2.48 bits per heavy atom. The van der Waals surface area contributed by atoms with Crippen molar-refractivity contribution in [1.29, 1.82) is 0 Å². The van der Waals surface area contributed by atoms with Gasteiger partial charge in [0, 0.05) is 25.0 Å². The van der Waals surface area contributed by atoms with Crippen molar-refractivity contribution in [3.63, 3.8) is 0 Å². The van der Waals surface area contributed by atoms with E-state index in [1.54, 1.807) is 16.8 Å². The van der Waals surface area contributed by atoms with Crippen molar-refractivity contribution in [1.82, 2.24) is 25.1 Å². The first-order valence-corrected chi connectivity index (χ1v) is 8.95. The first kappa shape index (κ1) is 21.1. The van der Waals surface area contributed by atoms with Crippen molar-refractivity contribution in [2.45, 2.75) is 25.1 Å². The molecule has 0 saturated carbocycles. The van der Waals surface area contributed by atoms with Gasteiger partial charge in [0.25, 0.3) is 0 Å². The number of aromatic nitrogens is 4. The summed E-state index contributed by atoms with van der Waals surface area (Å²) in [5.41, 5.74) is 8.26. The second kappa shape index (κ2) is 9.25. The van der Waals surface area contributed by atoms with E-state index in [0.29, 0.717) is 18.1 Å². The van der Waals surface area contributed by atoms with E-state index in [1.807, 2.05) is 18.2 Å². The summed E-state index contributed by atoms with van der Waals surface area (Å²) in [7, 11) is 0. The highest BCUT2D eigenvalue weighted by Gasteiger charge is 2.32. The average molecular weight is 423 g/mol. The summed E-state index contributed by atoms with van der Waals surface area (Å²) in [4.78, 5) is 2.22. The van der Waals surface area contributed by atoms with E-state index in [-0.39, 0.29) is 30.1 Å². The average Bonchev–Trinajstić information content (AvgIpc) is 3.29. The predicted octanol–water partition coefficient (Wildman–Crippen LogP) is 2.61. The van der Waals surface area contributed by atoms with Gasteiger partial charge in [0.15, 0.2) is 5.82 Å². The summed E-state index contributed by atoms with van der Waals surface area (Å²) in [6.45, 7) is -0.752. The van der Waals surface area contributed by atoms with Gasteiger partial charge in [-0.3, -0.25) is 4.90 Å². The van der Waals surface area contributed by atoms with E-state index in [9.17, 15) is 8.78 Å². The lowest BCUT2D eigenvalue weighted by Gasteiger charge is -2.15. The molecule has 0 spiro atoms. The van der Waals surface area contributed by atoms with Crippen LogP contribution in [0.5, 0.6) is 5.75 Å². The van der Waals surface area contributed by atoms with Crippen molar-refractivity contribution in [2.24, 2.45) is 5.73 Å². The molecule has 29 heavy (non-hydrogen) atoms. The van der Waals surface area contributed by atoms with Gasteiger partial charge in [0.05, 0.1) is 12.2 Å². The minimum Gasteiger partial charge on any atom is -0.435 e. The third-order valence-electron chi connectivity index (χ3n) is 4.87. The first-order valence-electron chi connectivity index (χ1n) is 8.95. The second-order valence-corrected chi connectivity index (χ2v) is 6.75. The SMILES string of the molecule is Cl.N[C@@H]1CN(Cc2nnnn2-c2ccc(OC(F)F)cc2)C[C@H]1c1ccccc1. The number of hydrogen-bond acceptors (Lipinski definition) is 6. The molecule has 2 heterocycles. The Morgan fingerprint density at radius 1 is 1.07 bits per heavy atom. The molecular weight excluding hydrogens is 402 g/mol. The summed E-state index contributed by atoms with van der Waals surface area (Å²) in [5, 5.41) is 11.9. The van der Waals surface area contributed by atoms with Crippen LogP contribution in [0.1, 0.15) is 17.3 Å². The third-order valence-corrected chi connectivity index (χ3v) is 4.87. The van der Waals surface area contributed by atoms with Gasteiger partial charge in [0.1, 0.15) is 5.75 Å². The summed E-state index contributed by atoms with van der Waals surface area (Å²) >= 11 is 0. The van der Waals surface area contributed by atoms with Crippen molar-refractivity contribution in [3.05, 3.63) is 66.0 Å². The van der Waals surface area contributed by atoms with Crippen LogP contribution in [-0.4, -0.2) is 50.9 Å². The molecule has 10 heteroatoms. The molecule has 0 unspecified atom stereocenters. The fourth-order valence-electron chi connectivity index (χ4n) is 3.57. The number of nitrogens with two attached hydrogens (primary N) is 1. The van der Waals surface area contributed by atoms with Gasteiger partial charge in [-0.1, -0.05) is 30.3 Å². The molecule has 1 saturated heterocycles. The lowest BCUT2D eigenvalue weighted by molar-refractivity contribution is -0.0498. The van der Waals surface area contributed by atoms with E-state index in [0.717, 1.165) is 13.1 Å². The van der Waals surface area contributed by atoms with Gasteiger partial charge >= 0.3 is 6.61 Å². The highest BCUT2D eigenvalue weighted by Crippen LogP contribution is 2.27. The maximum Gasteiger partial charge on any atom is 0.387 e. The Balaban J connectivity index is 0.00000240. The number of benzene rings is 2. The highest BCUT2D eigenvalue weighted by molar-refractivity contribution is 5.85. The lowest BCUT2D eigenvalue weighted by atomic mass is 9.95. The maximum absolute atomic E-state index is 12.3. The zero-order chi connectivity index (χ0) is 19.5. The standard InChI is InChI=1S/C19H20F2N6O.ClH/c20-19(21)28-15-8-6-14(7-9-15)27-18(23-24-25-27)12-26-10-16(17(22)11-26)13-4-2-1-3-5-13;/h1-9,16-17,19H,10-12,22H2;1H/t16-,17+;/m0./s1. The number of alkyl halides is 2. The fraction of sp³-hybridized carbons (Fsp3) is 0.316. The second-order valence-electron chi connectivity index (χ2n) is 6.75. The Labute approximate surface area is 172 Å². The molecule has 1 fully saturated rings. The molecule has 7 nitrogen and oxygen atoms in total. The van der Waals surface area contributed by atoms with Crippen LogP contribution in [0.25, 0.3) is 5.69 Å². The van der Waals surface area contributed by atoms with Crippen LogP contribution in [0.3, 0.4) is 0 Å². The van der Waals surface area contributed by atoms with Gasteiger partial charge < -0.3 is 10.5 Å². The van der Waals surface area contributed by atoms with Crippen molar-refractivity contribution >= 4 is 12.4 Å². The van der Waals surface area contributed by atoms with Crippen LogP contribution in [0.4, 0.5) is 8.78 Å². The summed E-state index contributed by atoms with van der Waals surface area (Å²) in [5.74, 6) is 1.00. The molecule has 154 valence electrons. The van der Waals surface area contributed by atoms with Crippen molar-refractivity contribution in [2.75, 3.05) is 13.1 Å². The molecule has 0 aliphatic carbocycles. The van der Waals surface area contributed by atoms with Gasteiger partial charge in [-0.25, -0.2) is 0 Å². The normalized spacial score (nSPS) is 19.3. The molecule has 2 atom stereocenters. The number of hydrogen-bond donors (Lipinski definition) is 1. The van der Waals surface area contributed by atoms with E-state index < -0.39 is 6.61 Å². The third kappa shape index (κ3) is 4.87. The number of halogens is 3. The van der Waals surface area contributed by atoms with Crippen LogP contribution in [0.15, 0.2) is 54.6 Å². The monoisotopic (exact) mass is 422 g/mol. The summed E-state index contributed by atoms with van der Waals surface area (Å²) < 4.78 is 30.6. The fourth-order valence-corrected chi connectivity index (χ4v) is 3.57. The minimum atomic E-state index is -2.86. The largest absolute Gasteiger partial charge is 0.435 e. The number of likely N-dealkylation sites (tertiary alicyclic amines) is 1. The Morgan fingerprint density at radius 2 is 1.79 bits per heavy atom. The number of ether oxygens (including phenoxy) is 1. The predicted molar refractivity (Wildman–Crippen MR) is 105 cm³/mol. The van der Waals surface area contributed by atoms with E-state index >= 15 is 0 Å². The van der Waals surface area contributed by atoms with Crippen molar-refractivity contribution in [3.8, 4) is 11.4 Å². The first-order chi connectivity index (χ1) is 13.6. The lowest BCUT2D eigenvalue weighted by Crippen LogP contribution is -2.29. The molecule has 0 bridgehead atoms. The van der Waals surface area contributed by atoms with Crippen LogP contribution in [0.2, 0.25) is 0 Å². The molecule has 1 aromatic heterocycles. The molecule has 4 rings (SSSR count). The Kier molecular flexibility index (Phi) is 6.73.